The van der Waals surface area contributed by atoms with E-state index in [1.165, 1.54) is 58.1 Å². The lowest BCUT2D eigenvalue weighted by atomic mass is 9.98. The molecule has 9 aromatic carbocycles. The van der Waals surface area contributed by atoms with E-state index < -0.39 is 0 Å². The summed E-state index contributed by atoms with van der Waals surface area (Å²) in [6.07, 6.45) is -0.271. The van der Waals surface area contributed by atoms with Gasteiger partial charge in [0, 0.05) is 60.2 Å². The Bertz CT molecular complexity index is 3500. The summed E-state index contributed by atoms with van der Waals surface area (Å²) in [7, 11) is 2.10. The van der Waals surface area contributed by atoms with E-state index in [9.17, 15) is 0 Å². The number of furan rings is 1. The molecule has 0 aliphatic carbocycles. The fraction of sp³-hybridized carbons (Fsp3) is 0.0385. The molecule has 3 heterocycles. The first kappa shape index (κ1) is 32.2. The molecule has 5 heteroatoms. The number of aliphatic imine (C=N–C) groups is 2. The summed E-state index contributed by atoms with van der Waals surface area (Å²) in [5.41, 5.74) is 7.08. The van der Waals surface area contributed by atoms with Crippen LogP contribution in [0, 0.1) is 0 Å². The van der Waals surface area contributed by atoms with E-state index >= 15 is 0 Å². The molecule has 12 rings (SSSR count). The minimum atomic E-state index is -0.271. The summed E-state index contributed by atoms with van der Waals surface area (Å²) in [5, 5.41) is 12.1. The number of amidine groups is 2. The summed E-state index contributed by atoms with van der Waals surface area (Å²) in [6.45, 7) is 0. The maximum absolute atomic E-state index is 6.90. The Kier molecular flexibility index (Phi) is 7.04. The van der Waals surface area contributed by atoms with Crippen molar-refractivity contribution in [3.05, 3.63) is 193 Å². The fourth-order valence-electron chi connectivity index (χ4n) is 8.93. The first-order valence-electron chi connectivity index (χ1n) is 19.3. The van der Waals surface area contributed by atoms with Crippen molar-refractivity contribution in [1.29, 1.82) is 0 Å². The Morgan fingerprint density at radius 3 is 2.09 bits per heavy atom. The minimum Gasteiger partial charge on any atom is -0.455 e. The third-order valence-corrected chi connectivity index (χ3v) is 12.9. The molecule has 4 nitrogen and oxygen atoms in total. The molecule has 0 radical (unpaired) electrons. The molecule has 0 saturated heterocycles. The lowest BCUT2D eigenvalue weighted by molar-refractivity contribution is 0.383. The Morgan fingerprint density at radius 2 is 1.21 bits per heavy atom. The quantitative estimate of drug-likeness (QED) is 0.168. The van der Waals surface area contributed by atoms with Crippen LogP contribution in [0.15, 0.2) is 190 Å². The number of rotatable bonds is 4. The van der Waals surface area contributed by atoms with Gasteiger partial charge in [-0.1, -0.05) is 152 Å². The molecule has 1 aliphatic rings. The molecule has 0 bridgehead atoms. The van der Waals surface area contributed by atoms with Crippen LogP contribution in [0.25, 0.3) is 85.6 Å². The zero-order valence-corrected chi connectivity index (χ0v) is 31.8. The van der Waals surface area contributed by atoms with Gasteiger partial charge in [-0.05, 0) is 62.1 Å². The van der Waals surface area contributed by atoms with Crippen LogP contribution in [-0.2, 0) is 0 Å². The van der Waals surface area contributed by atoms with Crippen molar-refractivity contribution in [2.45, 2.75) is 6.17 Å². The van der Waals surface area contributed by atoms with Crippen molar-refractivity contribution in [2.24, 2.45) is 9.98 Å². The van der Waals surface area contributed by atoms with Gasteiger partial charge >= 0.3 is 0 Å². The van der Waals surface area contributed by atoms with Crippen molar-refractivity contribution in [2.75, 3.05) is 7.05 Å². The van der Waals surface area contributed by atoms with Crippen LogP contribution in [0.2, 0.25) is 0 Å². The molecule has 2 aromatic heterocycles. The van der Waals surface area contributed by atoms with Gasteiger partial charge in [-0.15, -0.1) is 11.3 Å². The SMILES string of the molecule is CN1C(c2cccc3oc4c(-c5cccc6c5sc5cc7ccccc7cc56)cccc4c23)=NC(c2ccc3c(ccc4ccccc43)c2)=NC1c1ccccc1. The highest BCUT2D eigenvalue weighted by atomic mass is 32.1. The Balaban J connectivity index is 1.04. The number of nitrogens with zero attached hydrogens (tertiary/aromatic N) is 3. The van der Waals surface area contributed by atoms with Crippen molar-refractivity contribution in [1.82, 2.24) is 4.90 Å². The minimum absolute atomic E-state index is 0.271. The van der Waals surface area contributed by atoms with Crippen LogP contribution in [0.4, 0.5) is 0 Å². The summed E-state index contributed by atoms with van der Waals surface area (Å²) >= 11 is 1.86. The Labute approximate surface area is 332 Å². The lowest BCUT2D eigenvalue weighted by Gasteiger charge is -2.32. The standard InChI is InChI=1S/C52H33N3OS/c1-55-51(32-13-3-2-4-14-32)53-50(36-26-27-38-35(28-36)25-24-31-12-7-8-17-37(31)38)54-52(55)43-22-11-23-45-47(43)42-21-9-18-39(48(42)56-45)40-19-10-20-41-44-29-33-15-5-6-16-34(33)30-46(44)57-49(40)41/h2-30,51H,1H3. The molecule has 1 unspecified atom stereocenters. The van der Waals surface area contributed by atoms with Crippen LogP contribution < -0.4 is 0 Å². The predicted octanol–water partition coefficient (Wildman–Crippen LogP) is 13.9. The van der Waals surface area contributed by atoms with Gasteiger partial charge in [0.2, 0.25) is 0 Å². The third-order valence-electron chi connectivity index (χ3n) is 11.7. The van der Waals surface area contributed by atoms with Crippen LogP contribution in [0.1, 0.15) is 22.9 Å². The van der Waals surface area contributed by atoms with E-state index in [-0.39, 0.29) is 6.17 Å². The van der Waals surface area contributed by atoms with Crippen LogP contribution >= 0.6 is 11.3 Å². The summed E-state index contributed by atoms with van der Waals surface area (Å²) in [6, 6.07) is 62.9. The Hall–Kier alpha value is -7.08. The monoisotopic (exact) mass is 747 g/mol. The molecule has 0 saturated carbocycles. The molecule has 0 amide bonds. The van der Waals surface area contributed by atoms with Crippen LogP contribution in [-0.4, -0.2) is 23.6 Å². The second-order valence-electron chi connectivity index (χ2n) is 14.9. The number of hydrogen-bond donors (Lipinski definition) is 0. The van der Waals surface area contributed by atoms with E-state index in [1.54, 1.807) is 0 Å². The topological polar surface area (TPSA) is 41.1 Å². The van der Waals surface area contributed by atoms with Crippen molar-refractivity contribution in [3.8, 4) is 11.1 Å². The number of fused-ring (bicyclic) bond motifs is 10. The van der Waals surface area contributed by atoms with Gasteiger partial charge in [0.15, 0.2) is 5.84 Å². The van der Waals surface area contributed by atoms with Crippen molar-refractivity contribution >= 4 is 97.4 Å². The molecule has 0 N–H and O–H groups in total. The Morgan fingerprint density at radius 1 is 0.526 bits per heavy atom. The van der Waals surface area contributed by atoms with Crippen molar-refractivity contribution < 1.29 is 4.42 Å². The largest absolute Gasteiger partial charge is 0.455 e. The molecular weight excluding hydrogens is 715 g/mol. The molecule has 0 fully saturated rings. The predicted molar refractivity (Wildman–Crippen MR) is 241 cm³/mol. The molecule has 1 aliphatic heterocycles. The fourth-order valence-corrected chi connectivity index (χ4v) is 10.2. The van der Waals surface area contributed by atoms with E-state index in [1.807, 2.05) is 11.3 Å². The molecule has 11 aromatic rings. The highest BCUT2D eigenvalue weighted by Crippen LogP contribution is 2.45. The zero-order valence-electron chi connectivity index (χ0n) is 31.0. The van der Waals surface area contributed by atoms with E-state index in [4.69, 9.17) is 14.4 Å². The average molecular weight is 748 g/mol. The van der Waals surface area contributed by atoms with E-state index in [0.29, 0.717) is 5.84 Å². The first-order chi connectivity index (χ1) is 28.2. The highest BCUT2D eigenvalue weighted by Gasteiger charge is 2.29. The second-order valence-corrected chi connectivity index (χ2v) is 16.0. The maximum Gasteiger partial charge on any atom is 0.159 e. The number of benzene rings is 9. The van der Waals surface area contributed by atoms with Gasteiger partial charge in [-0.3, -0.25) is 0 Å². The van der Waals surface area contributed by atoms with Crippen molar-refractivity contribution in [3.63, 3.8) is 0 Å². The smallest absolute Gasteiger partial charge is 0.159 e. The van der Waals surface area contributed by atoms with Gasteiger partial charge in [-0.25, -0.2) is 9.98 Å². The maximum atomic E-state index is 6.90. The van der Waals surface area contributed by atoms with Crippen LogP contribution in [0.5, 0.6) is 0 Å². The normalized spacial score (nSPS) is 14.8. The van der Waals surface area contributed by atoms with Gasteiger partial charge in [0.25, 0.3) is 0 Å². The number of para-hydroxylation sites is 1. The van der Waals surface area contributed by atoms with Crippen LogP contribution in [0.3, 0.4) is 0 Å². The van der Waals surface area contributed by atoms with E-state index in [2.05, 4.69) is 188 Å². The number of hydrogen-bond acceptors (Lipinski definition) is 5. The third kappa shape index (κ3) is 4.99. The number of thiophene rings is 1. The second kappa shape index (κ2) is 12.5. The van der Waals surface area contributed by atoms with Gasteiger partial charge < -0.3 is 9.32 Å². The zero-order chi connectivity index (χ0) is 37.6. The summed E-state index contributed by atoms with van der Waals surface area (Å²) < 4.78 is 9.45. The van der Waals surface area contributed by atoms with Gasteiger partial charge in [0.05, 0.1) is 0 Å². The van der Waals surface area contributed by atoms with E-state index in [0.717, 1.165) is 50.0 Å². The average Bonchev–Trinajstić information content (AvgIpc) is 3.84. The summed E-state index contributed by atoms with van der Waals surface area (Å²) in [4.78, 5) is 12.9. The van der Waals surface area contributed by atoms with Gasteiger partial charge in [-0.2, -0.15) is 0 Å². The molecular formula is C52H33N3OS. The molecule has 1 atom stereocenters. The summed E-state index contributed by atoms with van der Waals surface area (Å²) in [5.74, 6) is 1.56. The highest BCUT2D eigenvalue weighted by molar-refractivity contribution is 7.26. The lowest BCUT2D eigenvalue weighted by Crippen LogP contribution is -2.35. The first-order valence-corrected chi connectivity index (χ1v) is 20.1. The molecule has 268 valence electrons. The van der Waals surface area contributed by atoms with Gasteiger partial charge in [0.1, 0.15) is 23.2 Å². The molecule has 0 spiro atoms. The molecule has 57 heavy (non-hydrogen) atoms.